The summed E-state index contributed by atoms with van der Waals surface area (Å²) in [5, 5.41) is 13.9. The van der Waals surface area contributed by atoms with E-state index >= 15 is 0 Å². The average Bonchev–Trinajstić information content (AvgIpc) is 2.16. The van der Waals surface area contributed by atoms with Gasteiger partial charge in [-0.05, 0) is 31.6 Å². The Morgan fingerprint density at radius 2 is 2.07 bits per heavy atom. The summed E-state index contributed by atoms with van der Waals surface area (Å²) in [5.74, 6) is 0.605. The van der Waals surface area contributed by atoms with Crippen molar-refractivity contribution in [2.75, 3.05) is 0 Å². The first-order valence-corrected chi connectivity index (χ1v) is 6.68. The Kier molecular flexibility index (Phi) is 3.71. The molecule has 0 unspecified atom stereocenters. The van der Waals surface area contributed by atoms with Crippen LogP contribution in [0.1, 0.15) is 39.0 Å². The van der Waals surface area contributed by atoms with Gasteiger partial charge in [0.1, 0.15) is 5.54 Å². The monoisotopic (exact) mass is 231 g/mol. The summed E-state index contributed by atoms with van der Waals surface area (Å²) in [6.45, 7) is 2.11. The summed E-state index contributed by atoms with van der Waals surface area (Å²) < 4.78 is 24.1. The van der Waals surface area contributed by atoms with Gasteiger partial charge in [-0.15, -0.1) is 0 Å². The molecule has 86 valence electrons. The summed E-state index contributed by atoms with van der Waals surface area (Å²) in [6, 6.07) is 2.05. The number of nitrogens with one attached hydrogen (secondary N) is 1. The Labute approximate surface area is 90.8 Å². The number of rotatable bonds is 3. The van der Waals surface area contributed by atoms with Gasteiger partial charge >= 0.3 is 0 Å². The normalized spacial score (nSPS) is 32.2. The van der Waals surface area contributed by atoms with Crippen molar-refractivity contribution in [3.63, 3.8) is 0 Å². The minimum atomic E-state index is -3.79. The van der Waals surface area contributed by atoms with Crippen molar-refractivity contribution in [3.05, 3.63) is 0 Å². The second-order valence-corrected chi connectivity index (χ2v) is 5.49. The fourth-order valence-corrected chi connectivity index (χ4v) is 2.88. The van der Waals surface area contributed by atoms with Crippen LogP contribution in [0.25, 0.3) is 0 Å². The molecule has 0 bridgehead atoms. The maximum Gasteiger partial charge on any atom is 0.275 e. The van der Waals surface area contributed by atoms with E-state index < -0.39 is 15.7 Å². The lowest BCUT2D eigenvalue weighted by atomic mass is 9.77. The van der Waals surface area contributed by atoms with Crippen LogP contribution >= 0.6 is 0 Å². The van der Waals surface area contributed by atoms with E-state index in [2.05, 4.69) is 11.6 Å². The summed E-state index contributed by atoms with van der Waals surface area (Å²) in [7, 11) is -3.79. The summed E-state index contributed by atoms with van der Waals surface area (Å²) in [4.78, 5) is 0. The molecule has 0 radical (unpaired) electrons. The second kappa shape index (κ2) is 4.47. The van der Waals surface area contributed by atoms with Crippen LogP contribution in [0.15, 0.2) is 0 Å². The van der Waals surface area contributed by atoms with Crippen molar-refractivity contribution < 1.29 is 8.42 Å². The minimum Gasteiger partial charge on any atom is -0.216 e. The third-order valence-corrected chi connectivity index (χ3v) is 3.76. The highest BCUT2D eigenvalue weighted by atomic mass is 32.2. The zero-order chi connectivity index (χ0) is 11.5. The van der Waals surface area contributed by atoms with Gasteiger partial charge in [-0.2, -0.15) is 18.4 Å². The largest absolute Gasteiger partial charge is 0.275 e. The molecule has 1 aliphatic carbocycles. The molecule has 1 aliphatic rings. The first kappa shape index (κ1) is 12.4. The highest BCUT2D eigenvalue weighted by Gasteiger charge is 2.37. The van der Waals surface area contributed by atoms with Gasteiger partial charge in [0, 0.05) is 0 Å². The van der Waals surface area contributed by atoms with Gasteiger partial charge in [0.2, 0.25) is 0 Å². The van der Waals surface area contributed by atoms with Crippen LogP contribution in [0.3, 0.4) is 0 Å². The molecule has 0 atom stereocenters. The van der Waals surface area contributed by atoms with Crippen LogP contribution < -0.4 is 9.86 Å². The van der Waals surface area contributed by atoms with Crippen molar-refractivity contribution in [2.45, 2.75) is 44.6 Å². The first-order valence-electron chi connectivity index (χ1n) is 5.14. The molecule has 1 fully saturated rings. The first-order chi connectivity index (χ1) is 6.91. The molecule has 0 aromatic heterocycles. The lowest BCUT2D eigenvalue weighted by Gasteiger charge is -2.34. The van der Waals surface area contributed by atoms with Gasteiger partial charge < -0.3 is 0 Å². The molecule has 0 heterocycles. The maximum atomic E-state index is 10.9. The number of nitrogens with two attached hydrogens (primary N) is 1. The van der Waals surface area contributed by atoms with Crippen molar-refractivity contribution >= 4 is 10.2 Å². The van der Waals surface area contributed by atoms with Crippen molar-refractivity contribution in [1.29, 1.82) is 5.26 Å². The molecule has 0 aliphatic heterocycles. The maximum absolute atomic E-state index is 10.9. The van der Waals surface area contributed by atoms with E-state index in [9.17, 15) is 8.42 Å². The van der Waals surface area contributed by atoms with E-state index in [1.807, 2.05) is 6.07 Å². The smallest absolute Gasteiger partial charge is 0.216 e. The number of hydrogen-bond donors (Lipinski definition) is 2. The zero-order valence-corrected chi connectivity index (χ0v) is 9.68. The third-order valence-electron chi connectivity index (χ3n) is 3.09. The topological polar surface area (TPSA) is 96.0 Å². The van der Waals surface area contributed by atoms with Gasteiger partial charge in [0.05, 0.1) is 6.07 Å². The second-order valence-electron chi connectivity index (χ2n) is 4.19. The van der Waals surface area contributed by atoms with Crippen molar-refractivity contribution in [2.24, 2.45) is 11.1 Å². The lowest BCUT2D eigenvalue weighted by molar-refractivity contribution is 0.259. The Morgan fingerprint density at radius 3 is 2.40 bits per heavy atom. The molecule has 0 amide bonds. The molecule has 1 rings (SSSR count). The van der Waals surface area contributed by atoms with Gasteiger partial charge in [-0.25, -0.2) is 5.14 Å². The van der Waals surface area contributed by atoms with E-state index in [-0.39, 0.29) is 0 Å². The van der Waals surface area contributed by atoms with Gasteiger partial charge in [0.25, 0.3) is 10.2 Å². The summed E-state index contributed by atoms with van der Waals surface area (Å²) in [5.41, 5.74) is -0.973. The Hall–Kier alpha value is -0.640. The van der Waals surface area contributed by atoms with E-state index in [0.29, 0.717) is 18.8 Å². The molecule has 0 aromatic rings. The van der Waals surface area contributed by atoms with Gasteiger partial charge in [-0.1, -0.05) is 13.3 Å². The number of nitrogens with zero attached hydrogens (tertiary/aromatic N) is 1. The highest BCUT2D eigenvalue weighted by molar-refractivity contribution is 7.87. The fraction of sp³-hybridized carbons (Fsp3) is 0.889. The van der Waals surface area contributed by atoms with Crippen LogP contribution in [0.4, 0.5) is 0 Å². The summed E-state index contributed by atoms with van der Waals surface area (Å²) >= 11 is 0. The van der Waals surface area contributed by atoms with Crippen LogP contribution in [0, 0.1) is 17.2 Å². The Balaban J connectivity index is 2.70. The van der Waals surface area contributed by atoms with E-state index in [1.54, 1.807) is 0 Å². The molecule has 0 aromatic carbocycles. The molecule has 0 saturated heterocycles. The number of hydrogen-bond acceptors (Lipinski definition) is 3. The van der Waals surface area contributed by atoms with Gasteiger partial charge in [-0.3, -0.25) is 0 Å². The standard InChI is InChI=1S/C9H17N3O2S/c1-2-8-3-5-9(7-10,6-4-8)12-15(11,13)14/h8,12H,2-6H2,1H3,(H2,11,13,14). The molecular weight excluding hydrogens is 214 g/mol. The van der Waals surface area contributed by atoms with Crippen molar-refractivity contribution in [1.82, 2.24) is 4.72 Å². The molecule has 6 heteroatoms. The SMILES string of the molecule is CCC1CCC(C#N)(NS(N)(=O)=O)CC1. The third kappa shape index (κ3) is 3.45. The fourth-order valence-electron chi connectivity index (χ4n) is 2.09. The van der Waals surface area contributed by atoms with E-state index in [4.69, 9.17) is 10.4 Å². The molecule has 0 spiro atoms. The molecule has 3 N–H and O–H groups in total. The Bertz CT molecular complexity index is 350. The molecule has 15 heavy (non-hydrogen) atoms. The average molecular weight is 231 g/mol. The molecule has 1 saturated carbocycles. The highest BCUT2D eigenvalue weighted by Crippen LogP contribution is 2.33. The van der Waals surface area contributed by atoms with Crippen LogP contribution in [-0.2, 0) is 10.2 Å². The van der Waals surface area contributed by atoms with Crippen LogP contribution in [0.2, 0.25) is 0 Å². The minimum absolute atomic E-state index is 0.554. The van der Waals surface area contributed by atoms with Crippen LogP contribution in [0.5, 0.6) is 0 Å². The molecular formula is C9H17N3O2S. The zero-order valence-electron chi connectivity index (χ0n) is 8.86. The van der Waals surface area contributed by atoms with E-state index in [1.165, 1.54) is 0 Å². The predicted molar refractivity (Wildman–Crippen MR) is 56.8 cm³/mol. The van der Waals surface area contributed by atoms with Gasteiger partial charge in [0.15, 0.2) is 0 Å². The molecule has 5 nitrogen and oxygen atoms in total. The quantitative estimate of drug-likeness (QED) is 0.746. The van der Waals surface area contributed by atoms with Crippen LogP contribution in [-0.4, -0.2) is 14.0 Å². The predicted octanol–water partition coefficient (Wildman–Crippen LogP) is 0.642. The van der Waals surface area contributed by atoms with E-state index in [0.717, 1.165) is 19.3 Å². The van der Waals surface area contributed by atoms with Crippen molar-refractivity contribution in [3.8, 4) is 6.07 Å². The summed E-state index contributed by atoms with van der Waals surface area (Å²) in [6.07, 6.45) is 3.95. The lowest BCUT2D eigenvalue weighted by Crippen LogP contribution is -2.51. The number of nitriles is 1. The Morgan fingerprint density at radius 1 is 1.53 bits per heavy atom.